The molecule has 0 aromatic heterocycles. The van der Waals surface area contributed by atoms with Gasteiger partial charge in [0.25, 0.3) is 5.69 Å². The molecule has 98 valence electrons. The van der Waals surface area contributed by atoms with E-state index in [-0.39, 0.29) is 5.69 Å². The molecule has 0 amide bonds. The minimum atomic E-state index is -0.406. The number of methoxy groups -OCH3 is 1. The van der Waals surface area contributed by atoms with Gasteiger partial charge in [0.15, 0.2) is 0 Å². The van der Waals surface area contributed by atoms with Gasteiger partial charge in [-0.05, 0) is 23.3 Å². The van der Waals surface area contributed by atoms with Crippen LogP contribution in [0, 0.1) is 10.1 Å². The van der Waals surface area contributed by atoms with Gasteiger partial charge in [-0.15, -0.1) is 0 Å². The van der Waals surface area contributed by atoms with E-state index in [1.165, 1.54) is 6.07 Å². The first kappa shape index (κ1) is 13.0. The third-order valence-corrected chi connectivity index (χ3v) is 2.89. The number of ether oxygens (including phenoxy) is 1. The van der Waals surface area contributed by atoms with E-state index in [4.69, 9.17) is 10.5 Å². The average Bonchev–Trinajstić information content (AvgIpc) is 2.46. The quantitative estimate of drug-likeness (QED) is 0.675. The van der Waals surface area contributed by atoms with Gasteiger partial charge in [0.1, 0.15) is 5.75 Å². The Balaban J connectivity index is 2.47. The highest BCUT2D eigenvalue weighted by Crippen LogP contribution is 2.28. The van der Waals surface area contributed by atoms with Crippen molar-refractivity contribution in [2.75, 3.05) is 7.11 Å². The van der Waals surface area contributed by atoms with Gasteiger partial charge >= 0.3 is 0 Å². The molecule has 0 spiro atoms. The van der Waals surface area contributed by atoms with Crippen LogP contribution in [-0.4, -0.2) is 12.0 Å². The second-order valence-corrected chi connectivity index (χ2v) is 4.04. The van der Waals surface area contributed by atoms with Crippen LogP contribution in [0.1, 0.15) is 5.56 Å². The molecule has 0 aliphatic heterocycles. The Kier molecular flexibility index (Phi) is 3.77. The zero-order valence-corrected chi connectivity index (χ0v) is 10.5. The van der Waals surface area contributed by atoms with Gasteiger partial charge in [-0.1, -0.05) is 18.2 Å². The van der Waals surface area contributed by atoms with E-state index in [0.29, 0.717) is 6.54 Å². The molecule has 2 rings (SSSR count). The molecule has 0 radical (unpaired) electrons. The van der Waals surface area contributed by atoms with Crippen molar-refractivity contribution in [3.63, 3.8) is 0 Å². The summed E-state index contributed by atoms with van der Waals surface area (Å²) >= 11 is 0. The summed E-state index contributed by atoms with van der Waals surface area (Å²) in [6, 6.07) is 12.1. The molecule has 19 heavy (non-hydrogen) atoms. The van der Waals surface area contributed by atoms with Crippen LogP contribution in [0.4, 0.5) is 5.69 Å². The summed E-state index contributed by atoms with van der Waals surface area (Å²) in [6.07, 6.45) is 0. The molecule has 2 aromatic rings. The second kappa shape index (κ2) is 5.49. The van der Waals surface area contributed by atoms with E-state index < -0.39 is 4.92 Å². The van der Waals surface area contributed by atoms with E-state index in [1.54, 1.807) is 19.2 Å². The van der Waals surface area contributed by atoms with E-state index >= 15 is 0 Å². The third-order valence-electron chi connectivity index (χ3n) is 2.89. The molecule has 5 heteroatoms. The molecule has 2 aromatic carbocycles. The van der Waals surface area contributed by atoms with Gasteiger partial charge in [0.2, 0.25) is 0 Å². The van der Waals surface area contributed by atoms with Crippen molar-refractivity contribution in [3.05, 3.63) is 58.1 Å². The molecular weight excluding hydrogens is 244 g/mol. The molecule has 0 fully saturated rings. The lowest BCUT2D eigenvalue weighted by Crippen LogP contribution is -2.00. The highest BCUT2D eigenvalue weighted by Gasteiger charge is 2.09. The lowest BCUT2D eigenvalue weighted by atomic mass is 10.0. The Hall–Kier alpha value is -2.40. The van der Waals surface area contributed by atoms with Crippen molar-refractivity contribution in [2.24, 2.45) is 5.73 Å². The van der Waals surface area contributed by atoms with Crippen LogP contribution in [-0.2, 0) is 6.54 Å². The first-order valence-corrected chi connectivity index (χ1v) is 5.77. The van der Waals surface area contributed by atoms with Crippen molar-refractivity contribution in [1.82, 2.24) is 0 Å². The van der Waals surface area contributed by atoms with E-state index in [0.717, 1.165) is 22.4 Å². The molecule has 0 aliphatic carbocycles. The number of hydrogen-bond donors (Lipinski definition) is 1. The highest BCUT2D eigenvalue weighted by molar-refractivity contribution is 5.68. The van der Waals surface area contributed by atoms with E-state index in [9.17, 15) is 10.1 Å². The number of benzene rings is 2. The van der Waals surface area contributed by atoms with Crippen LogP contribution in [0.25, 0.3) is 11.1 Å². The molecular formula is C14H14N2O3. The molecule has 2 N–H and O–H groups in total. The number of rotatable bonds is 4. The van der Waals surface area contributed by atoms with Crippen LogP contribution < -0.4 is 10.5 Å². The normalized spacial score (nSPS) is 10.2. The minimum Gasteiger partial charge on any atom is -0.496 e. The number of nitrogens with zero attached hydrogens (tertiary/aromatic N) is 1. The number of hydrogen-bond acceptors (Lipinski definition) is 4. The zero-order chi connectivity index (χ0) is 13.8. The van der Waals surface area contributed by atoms with Crippen LogP contribution in [0.15, 0.2) is 42.5 Å². The molecule has 0 aliphatic rings. The lowest BCUT2D eigenvalue weighted by molar-refractivity contribution is -0.384. The fourth-order valence-electron chi connectivity index (χ4n) is 1.92. The van der Waals surface area contributed by atoms with Gasteiger partial charge in [-0.3, -0.25) is 10.1 Å². The predicted molar refractivity (Wildman–Crippen MR) is 73.0 cm³/mol. The summed E-state index contributed by atoms with van der Waals surface area (Å²) in [4.78, 5) is 10.4. The number of nitro benzene ring substituents is 1. The minimum absolute atomic E-state index is 0.0719. The van der Waals surface area contributed by atoms with Crippen LogP contribution in [0.3, 0.4) is 0 Å². The molecule has 0 saturated carbocycles. The summed E-state index contributed by atoms with van der Waals surface area (Å²) in [5, 5.41) is 10.8. The van der Waals surface area contributed by atoms with Gasteiger partial charge in [-0.2, -0.15) is 0 Å². The van der Waals surface area contributed by atoms with Crippen LogP contribution in [0.5, 0.6) is 5.75 Å². The smallest absolute Gasteiger partial charge is 0.270 e. The SMILES string of the molecule is COc1ccc(-c2cccc([N+](=O)[O-])c2)cc1CN. The van der Waals surface area contributed by atoms with Crippen molar-refractivity contribution in [1.29, 1.82) is 0 Å². The number of non-ortho nitro benzene ring substituents is 1. The number of nitro groups is 1. The monoisotopic (exact) mass is 258 g/mol. The first-order valence-electron chi connectivity index (χ1n) is 5.77. The molecule has 0 heterocycles. The highest BCUT2D eigenvalue weighted by atomic mass is 16.6. The molecule has 0 bridgehead atoms. The average molecular weight is 258 g/mol. The van der Waals surface area contributed by atoms with Crippen LogP contribution >= 0.6 is 0 Å². The van der Waals surface area contributed by atoms with E-state index in [1.807, 2.05) is 24.3 Å². The van der Waals surface area contributed by atoms with Crippen molar-refractivity contribution >= 4 is 5.69 Å². The Bertz CT molecular complexity index is 611. The van der Waals surface area contributed by atoms with Crippen molar-refractivity contribution < 1.29 is 9.66 Å². The van der Waals surface area contributed by atoms with E-state index in [2.05, 4.69) is 0 Å². The van der Waals surface area contributed by atoms with Gasteiger partial charge in [0.05, 0.1) is 12.0 Å². The maximum atomic E-state index is 10.8. The first-order chi connectivity index (χ1) is 9.15. The maximum absolute atomic E-state index is 10.8. The van der Waals surface area contributed by atoms with Gasteiger partial charge < -0.3 is 10.5 Å². The van der Waals surface area contributed by atoms with Crippen molar-refractivity contribution in [3.8, 4) is 16.9 Å². The Morgan fingerprint density at radius 2 is 1.95 bits per heavy atom. The summed E-state index contributed by atoms with van der Waals surface area (Å²) in [6.45, 7) is 0.353. The summed E-state index contributed by atoms with van der Waals surface area (Å²) in [5.74, 6) is 0.719. The number of nitrogens with two attached hydrogens (primary N) is 1. The summed E-state index contributed by atoms with van der Waals surface area (Å²) in [7, 11) is 1.58. The third kappa shape index (κ3) is 2.71. The summed E-state index contributed by atoms with van der Waals surface area (Å²) < 4.78 is 5.20. The lowest BCUT2D eigenvalue weighted by Gasteiger charge is -2.09. The Labute approximate surface area is 110 Å². The standard InChI is InChI=1S/C14H14N2O3/c1-19-14-6-5-11(7-12(14)9-15)10-3-2-4-13(8-10)16(17)18/h2-8H,9,15H2,1H3. The topological polar surface area (TPSA) is 78.4 Å². The van der Waals surface area contributed by atoms with Gasteiger partial charge in [-0.25, -0.2) is 0 Å². The molecule has 0 saturated heterocycles. The predicted octanol–water partition coefficient (Wildman–Crippen LogP) is 2.73. The fraction of sp³-hybridized carbons (Fsp3) is 0.143. The fourth-order valence-corrected chi connectivity index (χ4v) is 1.92. The molecule has 0 unspecified atom stereocenters. The Morgan fingerprint density at radius 3 is 2.58 bits per heavy atom. The van der Waals surface area contributed by atoms with Crippen LogP contribution in [0.2, 0.25) is 0 Å². The summed E-state index contributed by atoms with van der Waals surface area (Å²) in [5.41, 5.74) is 8.27. The molecule has 0 atom stereocenters. The van der Waals surface area contributed by atoms with Crippen molar-refractivity contribution in [2.45, 2.75) is 6.54 Å². The van der Waals surface area contributed by atoms with Gasteiger partial charge in [0, 0.05) is 24.2 Å². The maximum Gasteiger partial charge on any atom is 0.270 e. The Morgan fingerprint density at radius 1 is 1.21 bits per heavy atom. The zero-order valence-electron chi connectivity index (χ0n) is 10.5. The molecule has 5 nitrogen and oxygen atoms in total. The second-order valence-electron chi connectivity index (χ2n) is 4.04. The largest absolute Gasteiger partial charge is 0.496 e.